The van der Waals surface area contributed by atoms with E-state index in [0.717, 1.165) is 10.5 Å². The first-order valence-corrected chi connectivity index (χ1v) is 9.21. The zero-order valence-corrected chi connectivity index (χ0v) is 15.5. The predicted molar refractivity (Wildman–Crippen MR) is 101 cm³/mol. The molecule has 0 spiro atoms. The molecule has 2 aromatic heterocycles. The van der Waals surface area contributed by atoms with Crippen LogP contribution in [0, 0.1) is 11.2 Å². The Balaban J connectivity index is 1.60. The number of anilines is 1. The van der Waals surface area contributed by atoms with E-state index in [1.807, 2.05) is 0 Å². The topological polar surface area (TPSA) is 95.7 Å². The lowest BCUT2D eigenvalue weighted by atomic mass is 9.72. The van der Waals surface area contributed by atoms with Crippen molar-refractivity contribution < 1.29 is 18.7 Å². The Hall–Kier alpha value is -3.30. The summed E-state index contributed by atoms with van der Waals surface area (Å²) < 4.78 is 30.3. The minimum absolute atomic E-state index is 0.208. The first-order chi connectivity index (χ1) is 14.0. The molecule has 1 aliphatic rings. The summed E-state index contributed by atoms with van der Waals surface area (Å²) in [5.74, 6) is 0.109. The van der Waals surface area contributed by atoms with Crippen LogP contribution in [0.2, 0.25) is 0 Å². The molecular weight excluding hydrogens is 382 g/mol. The van der Waals surface area contributed by atoms with Crippen molar-refractivity contribution >= 4 is 17.6 Å². The van der Waals surface area contributed by atoms with Gasteiger partial charge < -0.3 is 15.3 Å². The monoisotopic (exact) mass is 402 g/mol. The minimum Gasteiger partial charge on any atom is -0.465 e. The van der Waals surface area contributed by atoms with Crippen LogP contribution in [0.15, 0.2) is 43.0 Å². The van der Waals surface area contributed by atoms with E-state index >= 15 is 4.39 Å². The van der Waals surface area contributed by atoms with Gasteiger partial charge in [-0.05, 0) is 30.5 Å². The summed E-state index contributed by atoms with van der Waals surface area (Å²) in [5.41, 5.74) is 0.425. The molecule has 1 fully saturated rings. The van der Waals surface area contributed by atoms with Gasteiger partial charge in [-0.25, -0.2) is 18.6 Å². The Morgan fingerprint density at radius 3 is 2.86 bits per heavy atom. The second-order valence-electron chi connectivity index (χ2n) is 7.30. The first kappa shape index (κ1) is 19.0. The fraction of sp³-hybridized carbons (Fsp3) is 0.368. The number of rotatable bonds is 5. The van der Waals surface area contributed by atoms with E-state index < -0.39 is 17.7 Å². The average Bonchev–Trinajstić information content (AvgIpc) is 3.19. The Bertz CT molecular complexity index is 1010. The van der Waals surface area contributed by atoms with Gasteiger partial charge in [0.15, 0.2) is 5.82 Å². The number of carboxylic acid groups (broad SMARTS) is 1. The van der Waals surface area contributed by atoms with Crippen molar-refractivity contribution in [3.8, 4) is 0 Å². The molecule has 10 heteroatoms. The maximum Gasteiger partial charge on any atom is 0.407 e. The molecule has 3 aromatic rings. The van der Waals surface area contributed by atoms with E-state index in [1.54, 1.807) is 35.3 Å². The molecule has 1 aliphatic heterocycles. The Kier molecular flexibility index (Phi) is 4.99. The third-order valence-corrected chi connectivity index (χ3v) is 5.49. The first-order valence-electron chi connectivity index (χ1n) is 9.21. The van der Waals surface area contributed by atoms with Gasteiger partial charge in [-0.1, -0.05) is 12.1 Å². The second kappa shape index (κ2) is 7.61. The molecular formula is C19H20F2N6O2. The SMILES string of the molecule is O=C(O)N1CCC(CNc2nccn3cnnc23)(Cc2ccc(F)cc2)[C@H](F)C1. The molecule has 2 atom stereocenters. The Labute approximate surface area is 165 Å². The molecule has 1 unspecified atom stereocenters. The van der Waals surface area contributed by atoms with Crippen molar-refractivity contribution in [2.24, 2.45) is 5.41 Å². The summed E-state index contributed by atoms with van der Waals surface area (Å²) in [7, 11) is 0. The number of hydrogen-bond acceptors (Lipinski definition) is 5. The van der Waals surface area contributed by atoms with Crippen LogP contribution >= 0.6 is 0 Å². The molecule has 0 bridgehead atoms. The maximum atomic E-state index is 15.4. The number of piperidine rings is 1. The normalized spacial score (nSPS) is 22.0. The number of halogens is 2. The van der Waals surface area contributed by atoms with Crippen LogP contribution < -0.4 is 5.32 Å². The summed E-state index contributed by atoms with van der Waals surface area (Å²) >= 11 is 0. The highest BCUT2D eigenvalue weighted by atomic mass is 19.1. The molecule has 2 N–H and O–H groups in total. The lowest BCUT2D eigenvalue weighted by Gasteiger charge is -2.44. The molecule has 0 aliphatic carbocycles. The van der Waals surface area contributed by atoms with Crippen molar-refractivity contribution in [2.75, 3.05) is 25.0 Å². The summed E-state index contributed by atoms with van der Waals surface area (Å²) in [4.78, 5) is 16.6. The summed E-state index contributed by atoms with van der Waals surface area (Å²) in [5, 5.41) is 20.3. The molecule has 1 amide bonds. The van der Waals surface area contributed by atoms with Crippen molar-refractivity contribution in [3.63, 3.8) is 0 Å². The van der Waals surface area contributed by atoms with Crippen molar-refractivity contribution in [2.45, 2.75) is 19.0 Å². The van der Waals surface area contributed by atoms with E-state index in [4.69, 9.17) is 0 Å². The maximum absolute atomic E-state index is 15.4. The Morgan fingerprint density at radius 1 is 1.34 bits per heavy atom. The number of alkyl halides is 1. The van der Waals surface area contributed by atoms with Crippen LogP contribution in [-0.2, 0) is 6.42 Å². The Morgan fingerprint density at radius 2 is 2.14 bits per heavy atom. The van der Waals surface area contributed by atoms with E-state index in [1.165, 1.54) is 12.1 Å². The minimum atomic E-state index is -1.40. The molecule has 152 valence electrons. The van der Waals surface area contributed by atoms with Crippen molar-refractivity contribution in [3.05, 3.63) is 54.4 Å². The van der Waals surface area contributed by atoms with Crippen molar-refractivity contribution in [1.29, 1.82) is 0 Å². The van der Waals surface area contributed by atoms with Crippen LogP contribution in [0.5, 0.6) is 0 Å². The standard InChI is InChI=1S/C19H20F2N6O2/c20-14-3-1-13(2-4-14)9-19(5-7-26(18(28)29)10-15(19)21)11-23-16-17-25-24-12-27(17)8-6-22-16/h1-4,6,8,12,15H,5,7,9-11H2,(H,22,23)(H,28,29)/t15-,19?/m1/s1. The number of hydrogen-bond donors (Lipinski definition) is 2. The molecule has 0 saturated carbocycles. The number of likely N-dealkylation sites (tertiary alicyclic amines) is 1. The van der Waals surface area contributed by atoms with E-state index in [0.29, 0.717) is 24.3 Å². The largest absolute Gasteiger partial charge is 0.465 e. The van der Waals surface area contributed by atoms with Gasteiger partial charge in [0, 0.05) is 30.9 Å². The quantitative estimate of drug-likeness (QED) is 0.681. The van der Waals surface area contributed by atoms with Gasteiger partial charge in [-0.15, -0.1) is 10.2 Å². The van der Waals surface area contributed by atoms with E-state index in [-0.39, 0.29) is 25.5 Å². The molecule has 29 heavy (non-hydrogen) atoms. The molecule has 0 radical (unpaired) electrons. The van der Waals surface area contributed by atoms with Crippen LogP contribution in [0.3, 0.4) is 0 Å². The second-order valence-corrected chi connectivity index (χ2v) is 7.30. The summed E-state index contributed by atoms with van der Waals surface area (Å²) in [6.45, 7) is 0.237. The fourth-order valence-electron chi connectivity index (χ4n) is 3.78. The number of aromatic nitrogens is 4. The fourth-order valence-corrected chi connectivity index (χ4v) is 3.78. The molecule has 1 aromatic carbocycles. The zero-order chi connectivity index (χ0) is 20.4. The molecule has 8 nitrogen and oxygen atoms in total. The van der Waals surface area contributed by atoms with Gasteiger partial charge in [0.1, 0.15) is 18.3 Å². The number of benzene rings is 1. The number of nitrogens with zero attached hydrogens (tertiary/aromatic N) is 5. The summed E-state index contributed by atoms with van der Waals surface area (Å²) in [6, 6.07) is 5.94. The highest BCUT2D eigenvalue weighted by molar-refractivity contribution is 5.65. The third-order valence-electron chi connectivity index (χ3n) is 5.49. The third kappa shape index (κ3) is 3.82. The zero-order valence-electron chi connectivity index (χ0n) is 15.5. The van der Waals surface area contributed by atoms with Crippen molar-refractivity contribution in [1.82, 2.24) is 24.5 Å². The van der Waals surface area contributed by atoms with Crippen LogP contribution in [0.25, 0.3) is 5.65 Å². The van der Waals surface area contributed by atoms with Crippen LogP contribution in [0.4, 0.5) is 19.4 Å². The van der Waals surface area contributed by atoms with Gasteiger partial charge in [0.2, 0.25) is 5.65 Å². The van der Waals surface area contributed by atoms with Gasteiger partial charge in [0.05, 0.1) is 6.54 Å². The van der Waals surface area contributed by atoms with Gasteiger partial charge in [-0.3, -0.25) is 4.40 Å². The number of carbonyl (C=O) groups is 1. The van der Waals surface area contributed by atoms with Crippen LogP contribution in [-0.4, -0.2) is 61.5 Å². The number of fused-ring (bicyclic) bond motifs is 1. The van der Waals surface area contributed by atoms with E-state index in [2.05, 4.69) is 20.5 Å². The summed E-state index contributed by atoms with van der Waals surface area (Å²) in [6.07, 6.45) is 2.96. The molecule has 4 rings (SSSR count). The average molecular weight is 402 g/mol. The number of amides is 1. The number of nitrogens with one attached hydrogen (secondary N) is 1. The lowest BCUT2D eigenvalue weighted by Crippen LogP contribution is -2.54. The predicted octanol–water partition coefficient (Wildman–Crippen LogP) is 2.63. The van der Waals surface area contributed by atoms with Crippen LogP contribution in [0.1, 0.15) is 12.0 Å². The van der Waals surface area contributed by atoms with Gasteiger partial charge in [-0.2, -0.15) is 0 Å². The highest BCUT2D eigenvalue weighted by Crippen LogP contribution is 2.38. The highest BCUT2D eigenvalue weighted by Gasteiger charge is 2.45. The van der Waals surface area contributed by atoms with Gasteiger partial charge >= 0.3 is 6.09 Å². The molecule has 3 heterocycles. The van der Waals surface area contributed by atoms with Gasteiger partial charge in [0.25, 0.3) is 0 Å². The lowest BCUT2D eigenvalue weighted by molar-refractivity contribution is 0.0191. The van der Waals surface area contributed by atoms with E-state index in [9.17, 15) is 14.3 Å². The molecule has 1 saturated heterocycles. The smallest absolute Gasteiger partial charge is 0.407 e.